The topological polar surface area (TPSA) is 61.0 Å². The van der Waals surface area contributed by atoms with E-state index in [0.29, 0.717) is 11.9 Å². The Morgan fingerprint density at radius 3 is 2.93 bits per heavy atom. The van der Waals surface area contributed by atoms with Gasteiger partial charge in [-0.25, -0.2) is 4.98 Å². The maximum absolute atomic E-state index is 11.4. The fourth-order valence-corrected chi connectivity index (χ4v) is 1.79. The smallest absolute Gasteiger partial charge is 0.252 e. The Hall–Kier alpha value is -1.36. The lowest BCUT2D eigenvalue weighted by atomic mass is 10.1. The lowest BCUT2D eigenvalue weighted by Crippen LogP contribution is -2.21. The molecule has 2 rings (SSSR count). The summed E-state index contributed by atoms with van der Waals surface area (Å²) in [7, 11) is 3.74. The summed E-state index contributed by atoms with van der Waals surface area (Å²) in [6.07, 6.45) is 1.06. The van der Waals surface area contributed by atoms with Crippen LogP contribution in [0.2, 0.25) is 0 Å². The number of anilines is 1. The third kappa shape index (κ3) is 2.18. The lowest BCUT2D eigenvalue weighted by Gasteiger charge is -2.13. The van der Waals surface area contributed by atoms with Gasteiger partial charge in [-0.2, -0.15) is 0 Å². The van der Waals surface area contributed by atoms with Crippen molar-refractivity contribution in [3.63, 3.8) is 0 Å². The van der Waals surface area contributed by atoms with Crippen LogP contribution in [0.1, 0.15) is 18.0 Å². The van der Waals surface area contributed by atoms with Crippen molar-refractivity contribution in [3.8, 4) is 0 Å². The second-order valence-electron chi connectivity index (χ2n) is 4.08. The number of nitrogens with one attached hydrogen (secondary N) is 2. The van der Waals surface area contributed by atoms with E-state index in [1.54, 1.807) is 6.07 Å². The molecule has 1 atom stereocenters. The van der Waals surface area contributed by atoms with E-state index in [-0.39, 0.29) is 5.56 Å². The normalized spacial score (nSPS) is 20.5. The summed E-state index contributed by atoms with van der Waals surface area (Å²) in [4.78, 5) is 20.4. The van der Waals surface area contributed by atoms with Crippen LogP contribution < -0.4 is 15.8 Å². The molecule has 1 aromatic heterocycles. The maximum atomic E-state index is 11.4. The summed E-state index contributed by atoms with van der Waals surface area (Å²) >= 11 is 0. The van der Waals surface area contributed by atoms with Crippen molar-refractivity contribution in [2.45, 2.75) is 12.3 Å². The second kappa shape index (κ2) is 4.02. The Labute approximate surface area is 88.5 Å². The zero-order valence-corrected chi connectivity index (χ0v) is 9.08. The molecule has 5 heteroatoms. The number of hydrogen-bond donors (Lipinski definition) is 2. The minimum absolute atomic E-state index is 0.0735. The van der Waals surface area contributed by atoms with Crippen LogP contribution in [0, 0.1) is 0 Å². The number of rotatable bonds is 2. The predicted octanol–water partition coefficient (Wildman–Crippen LogP) is -0.0872. The third-order valence-corrected chi connectivity index (χ3v) is 2.65. The molecule has 2 N–H and O–H groups in total. The zero-order chi connectivity index (χ0) is 10.8. The first kappa shape index (κ1) is 10.2. The van der Waals surface area contributed by atoms with Crippen LogP contribution in [0.5, 0.6) is 0 Å². The molecule has 2 heterocycles. The number of hydrogen-bond acceptors (Lipinski definition) is 4. The fourth-order valence-electron chi connectivity index (χ4n) is 1.79. The van der Waals surface area contributed by atoms with Crippen molar-refractivity contribution >= 4 is 5.95 Å². The van der Waals surface area contributed by atoms with Crippen LogP contribution in [-0.2, 0) is 0 Å². The first-order valence-electron chi connectivity index (χ1n) is 5.16. The summed E-state index contributed by atoms with van der Waals surface area (Å²) in [5.41, 5.74) is 0.822. The van der Waals surface area contributed by atoms with Crippen LogP contribution >= 0.6 is 0 Å². The van der Waals surface area contributed by atoms with Crippen LogP contribution in [0.4, 0.5) is 5.95 Å². The number of H-pyrrole nitrogens is 1. The monoisotopic (exact) mass is 208 g/mol. The second-order valence-corrected chi connectivity index (χ2v) is 4.08. The van der Waals surface area contributed by atoms with Crippen molar-refractivity contribution in [3.05, 3.63) is 22.1 Å². The van der Waals surface area contributed by atoms with Crippen LogP contribution in [0.25, 0.3) is 0 Å². The van der Waals surface area contributed by atoms with Gasteiger partial charge in [0.15, 0.2) is 0 Å². The Morgan fingerprint density at radius 2 is 2.33 bits per heavy atom. The molecule has 1 aliphatic heterocycles. The maximum Gasteiger partial charge on any atom is 0.252 e. The molecule has 1 fully saturated rings. The van der Waals surface area contributed by atoms with Crippen molar-refractivity contribution in [2.24, 2.45) is 0 Å². The van der Waals surface area contributed by atoms with E-state index in [1.165, 1.54) is 0 Å². The molecule has 0 spiro atoms. The average molecular weight is 208 g/mol. The van der Waals surface area contributed by atoms with Gasteiger partial charge in [-0.1, -0.05) is 0 Å². The molecule has 0 bridgehead atoms. The van der Waals surface area contributed by atoms with Gasteiger partial charge in [0.05, 0.1) is 5.69 Å². The van der Waals surface area contributed by atoms with Gasteiger partial charge in [0, 0.05) is 32.6 Å². The fraction of sp³-hybridized carbons (Fsp3) is 0.600. The highest BCUT2D eigenvalue weighted by atomic mass is 16.1. The SMILES string of the molecule is CN(C)c1nc([C@@H]2CCNC2)cc(=O)[nH]1. The van der Waals surface area contributed by atoms with Gasteiger partial charge >= 0.3 is 0 Å². The summed E-state index contributed by atoms with van der Waals surface area (Å²) < 4.78 is 0. The summed E-state index contributed by atoms with van der Waals surface area (Å²) in [5.74, 6) is 1.01. The Bertz CT molecular complexity index is 393. The van der Waals surface area contributed by atoms with Crippen molar-refractivity contribution in [1.82, 2.24) is 15.3 Å². The molecular formula is C10H16N4O. The molecule has 1 saturated heterocycles. The summed E-state index contributed by atoms with van der Waals surface area (Å²) in [6.45, 7) is 1.93. The van der Waals surface area contributed by atoms with E-state index >= 15 is 0 Å². The molecule has 1 aliphatic rings. The van der Waals surface area contributed by atoms with E-state index in [4.69, 9.17) is 0 Å². The van der Waals surface area contributed by atoms with Crippen LogP contribution in [0.15, 0.2) is 10.9 Å². The molecule has 0 saturated carbocycles. The van der Waals surface area contributed by atoms with Gasteiger partial charge in [-0.3, -0.25) is 9.78 Å². The molecule has 0 radical (unpaired) electrons. The standard InChI is InChI=1S/C10H16N4O/c1-14(2)10-12-8(5-9(15)13-10)7-3-4-11-6-7/h5,7,11H,3-4,6H2,1-2H3,(H,12,13,15)/t7-/m1/s1. The Balaban J connectivity index is 2.34. The minimum atomic E-state index is -0.0735. The van der Waals surface area contributed by atoms with Gasteiger partial charge in [0.1, 0.15) is 0 Å². The van der Waals surface area contributed by atoms with Gasteiger partial charge in [0.25, 0.3) is 5.56 Å². The van der Waals surface area contributed by atoms with E-state index < -0.39 is 0 Å². The number of nitrogens with zero attached hydrogens (tertiary/aromatic N) is 2. The van der Waals surface area contributed by atoms with E-state index in [0.717, 1.165) is 25.2 Å². The largest absolute Gasteiger partial charge is 0.348 e. The van der Waals surface area contributed by atoms with Crippen LogP contribution in [-0.4, -0.2) is 37.2 Å². The molecule has 1 aromatic rings. The first-order chi connectivity index (χ1) is 7.16. The lowest BCUT2D eigenvalue weighted by molar-refractivity contribution is 0.725. The highest BCUT2D eigenvalue weighted by Gasteiger charge is 2.19. The van der Waals surface area contributed by atoms with Gasteiger partial charge in [-0.05, 0) is 13.0 Å². The van der Waals surface area contributed by atoms with Crippen molar-refractivity contribution < 1.29 is 0 Å². The molecular weight excluding hydrogens is 192 g/mol. The Kier molecular flexibility index (Phi) is 2.73. The third-order valence-electron chi connectivity index (χ3n) is 2.65. The highest BCUT2D eigenvalue weighted by molar-refractivity contribution is 5.28. The van der Waals surface area contributed by atoms with Crippen molar-refractivity contribution in [2.75, 3.05) is 32.1 Å². The van der Waals surface area contributed by atoms with Crippen molar-refractivity contribution in [1.29, 1.82) is 0 Å². The van der Waals surface area contributed by atoms with E-state index in [9.17, 15) is 4.79 Å². The summed E-state index contributed by atoms with van der Waals surface area (Å²) in [5, 5.41) is 3.27. The average Bonchev–Trinajstić information content (AvgIpc) is 2.69. The molecule has 5 nitrogen and oxygen atoms in total. The van der Waals surface area contributed by atoms with E-state index in [1.807, 2.05) is 19.0 Å². The molecule has 15 heavy (non-hydrogen) atoms. The highest BCUT2D eigenvalue weighted by Crippen LogP contribution is 2.19. The quantitative estimate of drug-likeness (QED) is 0.713. The van der Waals surface area contributed by atoms with E-state index in [2.05, 4.69) is 15.3 Å². The van der Waals surface area contributed by atoms with Gasteiger partial charge in [0.2, 0.25) is 5.95 Å². The molecule has 82 valence electrons. The molecule has 0 aliphatic carbocycles. The molecule has 0 aromatic carbocycles. The summed E-state index contributed by atoms with van der Waals surface area (Å²) in [6, 6.07) is 1.60. The molecule has 0 unspecified atom stereocenters. The van der Waals surface area contributed by atoms with Gasteiger partial charge < -0.3 is 10.2 Å². The van der Waals surface area contributed by atoms with Gasteiger partial charge in [-0.15, -0.1) is 0 Å². The zero-order valence-electron chi connectivity index (χ0n) is 9.08. The number of aromatic nitrogens is 2. The number of aromatic amines is 1. The first-order valence-corrected chi connectivity index (χ1v) is 5.16. The van der Waals surface area contributed by atoms with Crippen LogP contribution in [0.3, 0.4) is 0 Å². The predicted molar refractivity (Wildman–Crippen MR) is 59.4 cm³/mol. The molecule has 0 amide bonds. The Morgan fingerprint density at radius 1 is 1.53 bits per heavy atom. The minimum Gasteiger partial charge on any atom is -0.348 e.